The van der Waals surface area contributed by atoms with E-state index in [-0.39, 0.29) is 24.2 Å². The first-order chi connectivity index (χ1) is 15.6. The minimum Gasteiger partial charge on any atom is -0.497 e. The molecule has 180 valence electrons. The average molecular weight is 452 g/mol. The number of rotatable bonds is 9. The number of ether oxygens (including phenoxy) is 2. The first kappa shape index (κ1) is 25.3. The van der Waals surface area contributed by atoms with E-state index in [2.05, 4.69) is 78.0 Å². The Balaban J connectivity index is 1.87. The van der Waals surface area contributed by atoms with Gasteiger partial charge >= 0.3 is 0 Å². The molecule has 0 aliphatic carbocycles. The summed E-state index contributed by atoms with van der Waals surface area (Å²) < 4.78 is 11.9. The van der Waals surface area contributed by atoms with E-state index in [9.17, 15) is 4.79 Å². The van der Waals surface area contributed by atoms with Crippen LogP contribution in [0.2, 0.25) is 0 Å². The van der Waals surface area contributed by atoms with Crippen molar-refractivity contribution in [3.05, 3.63) is 64.2 Å². The molecule has 0 spiro atoms. The normalized spacial score (nSPS) is 19.4. The van der Waals surface area contributed by atoms with Crippen molar-refractivity contribution < 1.29 is 14.3 Å². The monoisotopic (exact) mass is 451 g/mol. The molecule has 2 aromatic rings. The summed E-state index contributed by atoms with van der Waals surface area (Å²) in [6.45, 7) is 15.7. The number of carbonyl (C=O) groups excluding carboxylic acids is 1. The minimum absolute atomic E-state index is 0.0340. The van der Waals surface area contributed by atoms with E-state index in [4.69, 9.17) is 9.47 Å². The van der Waals surface area contributed by atoms with Crippen LogP contribution in [0.25, 0.3) is 0 Å². The van der Waals surface area contributed by atoms with E-state index in [0.29, 0.717) is 24.2 Å². The smallest absolute Gasteiger partial charge is 0.223 e. The lowest BCUT2D eigenvalue weighted by atomic mass is 9.82. The number of methoxy groups -OCH3 is 1. The highest BCUT2D eigenvalue weighted by atomic mass is 16.5. The van der Waals surface area contributed by atoms with Gasteiger partial charge in [0.1, 0.15) is 5.75 Å². The zero-order valence-electron chi connectivity index (χ0n) is 21.6. The summed E-state index contributed by atoms with van der Waals surface area (Å²) in [4.78, 5) is 12.3. The van der Waals surface area contributed by atoms with Gasteiger partial charge in [0.2, 0.25) is 5.91 Å². The third kappa shape index (κ3) is 5.97. The van der Waals surface area contributed by atoms with Crippen LogP contribution in [0.15, 0.2) is 36.4 Å². The quantitative estimate of drug-likeness (QED) is 0.465. The van der Waals surface area contributed by atoms with Gasteiger partial charge in [-0.2, -0.15) is 0 Å². The molecule has 2 aromatic carbocycles. The maximum absolute atomic E-state index is 12.3. The molecule has 1 heterocycles. The lowest BCUT2D eigenvalue weighted by Crippen LogP contribution is -2.35. The lowest BCUT2D eigenvalue weighted by molar-refractivity contribution is -0.120. The second kappa shape index (κ2) is 10.7. The van der Waals surface area contributed by atoms with Crippen LogP contribution in [0.5, 0.6) is 5.75 Å². The maximum Gasteiger partial charge on any atom is 0.223 e. The standard InChI is InChI=1S/C29H41NO3/c1-17(2)22-14-24(18(3)4)29(25(15-22)19(5)6)20(7)33-27-16-28(31)30-26(27)13-21-9-11-23(32-8)12-10-21/h9-12,14-15,17-20,26-27H,13,16H2,1-8H3,(H,30,31)/t20-,26+,27+/m0/s1. The Bertz CT molecular complexity index is 917. The highest BCUT2D eigenvalue weighted by Crippen LogP contribution is 2.38. The average Bonchev–Trinajstić information content (AvgIpc) is 3.11. The molecule has 0 radical (unpaired) electrons. The molecule has 0 saturated carbocycles. The molecule has 1 saturated heterocycles. The van der Waals surface area contributed by atoms with Gasteiger partial charge in [-0.1, -0.05) is 65.8 Å². The van der Waals surface area contributed by atoms with Gasteiger partial charge < -0.3 is 14.8 Å². The predicted octanol–water partition coefficient (Wildman–Crippen LogP) is 6.64. The molecule has 1 aliphatic heterocycles. The Morgan fingerprint density at radius 1 is 0.909 bits per heavy atom. The fourth-order valence-corrected chi connectivity index (χ4v) is 4.84. The van der Waals surface area contributed by atoms with Crippen molar-refractivity contribution in [1.29, 1.82) is 0 Å². The molecular weight excluding hydrogens is 410 g/mol. The topological polar surface area (TPSA) is 47.6 Å². The molecule has 0 unspecified atom stereocenters. The summed E-state index contributed by atoms with van der Waals surface area (Å²) in [5, 5.41) is 3.14. The van der Waals surface area contributed by atoms with Crippen molar-refractivity contribution >= 4 is 5.91 Å². The number of nitrogens with one attached hydrogen (secondary N) is 1. The third-order valence-corrected chi connectivity index (χ3v) is 6.76. The Morgan fingerprint density at radius 2 is 1.48 bits per heavy atom. The van der Waals surface area contributed by atoms with Gasteiger partial charge in [0.05, 0.1) is 31.8 Å². The molecule has 4 nitrogen and oxygen atoms in total. The van der Waals surface area contributed by atoms with Gasteiger partial charge in [0.15, 0.2) is 0 Å². The van der Waals surface area contributed by atoms with Crippen LogP contribution in [0, 0.1) is 0 Å². The zero-order valence-corrected chi connectivity index (χ0v) is 21.6. The van der Waals surface area contributed by atoms with E-state index in [1.165, 1.54) is 22.3 Å². The molecule has 1 aliphatic rings. The molecule has 3 rings (SSSR count). The van der Waals surface area contributed by atoms with Gasteiger partial charge in [0.25, 0.3) is 0 Å². The van der Waals surface area contributed by atoms with Crippen LogP contribution in [0.1, 0.15) is 107 Å². The van der Waals surface area contributed by atoms with Crippen LogP contribution in [-0.4, -0.2) is 25.2 Å². The summed E-state index contributed by atoms with van der Waals surface area (Å²) in [5.74, 6) is 2.19. The largest absolute Gasteiger partial charge is 0.497 e. The Kier molecular flexibility index (Phi) is 8.23. The summed E-state index contributed by atoms with van der Waals surface area (Å²) in [6, 6.07) is 12.7. The van der Waals surface area contributed by atoms with E-state index in [1.54, 1.807) is 7.11 Å². The van der Waals surface area contributed by atoms with Gasteiger partial charge in [0, 0.05) is 0 Å². The number of amides is 1. The van der Waals surface area contributed by atoms with Crippen molar-refractivity contribution in [2.75, 3.05) is 7.11 Å². The van der Waals surface area contributed by atoms with Gasteiger partial charge in [-0.05, 0) is 71.0 Å². The minimum atomic E-state index is -0.153. The molecule has 0 aromatic heterocycles. The molecule has 1 fully saturated rings. The van der Waals surface area contributed by atoms with E-state index < -0.39 is 0 Å². The number of hydrogen-bond acceptors (Lipinski definition) is 3. The van der Waals surface area contributed by atoms with Crippen LogP contribution >= 0.6 is 0 Å². The summed E-state index contributed by atoms with van der Waals surface area (Å²) >= 11 is 0. The molecule has 3 atom stereocenters. The van der Waals surface area contributed by atoms with Gasteiger partial charge in [-0.25, -0.2) is 0 Å². The van der Waals surface area contributed by atoms with Crippen LogP contribution in [-0.2, 0) is 16.0 Å². The molecule has 33 heavy (non-hydrogen) atoms. The second-order valence-corrected chi connectivity index (χ2v) is 10.3. The van der Waals surface area contributed by atoms with E-state index >= 15 is 0 Å². The van der Waals surface area contributed by atoms with Crippen molar-refractivity contribution in [2.45, 2.75) is 97.3 Å². The lowest BCUT2D eigenvalue weighted by Gasteiger charge is -2.30. The molecule has 1 amide bonds. The Hall–Kier alpha value is -2.33. The SMILES string of the molecule is COc1ccc(C[C@H]2NC(=O)C[C@H]2O[C@@H](C)c2c(C(C)C)cc(C(C)C)cc2C(C)C)cc1. The van der Waals surface area contributed by atoms with Crippen LogP contribution in [0.3, 0.4) is 0 Å². The number of benzene rings is 2. The van der Waals surface area contributed by atoms with E-state index in [0.717, 1.165) is 17.7 Å². The van der Waals surface area contributed by atoms with Crippen molar-refractivity contribution in [2.24, 2.45) is 0 Å². The molecule has 4 heteroatoms. The molecule has 0 bridgehead atoms. The predicted molar refractivity (Wildman–Crippen MR) is 135 cm³/mol. The first-order valence-electron chi connectivity index (χ1n) is 12.4. The third-order valence-electron chi connectivity index (χ3n) is 6.76. The fraction of sp³-hybridized carbons (Fsp3) is 0.552. The zero-order chi connectivity index (χ0) is 24.3. The summed E-state index contributed by atoms with van der Waals surface area (Å²) in [6.07, 6.45) is 0.910. The van der Waals surface area contributed by atoms with Crippen molar-refractivity contribution in [1.82, 2.24) is 5.32 Å². The number of hydrogen-bond donors (Lipinski definition) is 1. The van der Waals surface area contributed by atoms with Crippen LogP contribution < -0.4 is 10.1 Å². The summed E-state index contributed by atoms with van der Waals surface area (Å²) in [7, 11) is 1.67. The fourth-order valence-electron chi connectivity index (χ4n) is 4.84. The second-order valence-electron chi connectivity index (χ2n) is 10.3. The van der Waals surface area contributed by atoms with Crippen LogP contribution in [0.4, 0.5) is 0 Å². The summed E-state index contributed by atoms with van der Waals surface area (Å²) in [5.41, 5.74) is 6.57. The molecular formula is C29H41NO3. The Morgan fingerprint density at radius 3 is 1.97 bits per heavy atom. The van der Waals surface area contributed by atoms with Crippen molar-refractivity contribution in [3.63, 3.8) is 0 Å². The molecule has 1 N–H and O–H groups in total. The Labute approximate surface area is 200 Å². The maximum atomic E-state index is 12.3. The van der Waals surface area contributed by atoms with Gasteiger partial charge in [-0.15, -0.1) is 0 Å². The highest BCUT2D eigenvalue weighted by molar-refractivity contribution is 5.79. The van der Waals surface area contributed by atoms with Gasteiger partial charge in [-0.3, -0.25) is 4.79 Å². The van der Waals surface area contributed by atoms with Crippen molar-refractivity contribution in [3.8, 4) is 5.75 Å². The number of carbonyl (C=O) groups is 1. The van der Waals surface area contributed by atoms with E-state index in [1.807, 2.05) is 12.1 Å². The highest BCUT2D eigenvalue weighted by Gasteiger charge is 2.35. The first-order valence-corrected chi connectivity index (χ1v) is 12.4.